The van der Waals surface area contributed by atoms with Gasteiger partial charge in [0, 0.05) is 12.0 Å². The van der Waals surface area contributed by atoms with E-state index in [1.165, 1.54) is 12.1 Å². The molecule has 1 N–H and O–H groups in total. The van der Waals surface area contributed by atoms with E-state index in [9.17, 15) is 18.4 Å². The van der Waals surface area contributed by atoms with Crippen LogP contribution in [0.5, 0.6) is 0 Å². The maximum atomic E-state index is 12.9. The Hall–Kier alpha value is -1.98. The summed E-state index contributed by atoms with van der Waals surface area (Å²) in [5.74, 6) is -1.55. The molecule has 0 aliphatic carbocycles. The number of carboxylic acid groups (broad SMARTS) is 1. The molecule has 0 saturated heterocycles. The number of hydrogen-bond donors (Lipinski definition) is 1. The zero-order chi connectivity index (χ0) is 15.1. The Balaban J connectivity index is 2.82. The van der Waals surface area contributed by atoms with Crippen molar-refractivity contribution in [2.45, 2.75) is 32.6 Å². The minimum absolute atomic E-state index is 0.0902. The number of aliphatic carboxylic acids is 1. The smallest absolute Gasteiger partial charge is 0.307 e. The van der Waals surface area contributed by atoms with Gasteiger partial charge in [0.1, 0.15) is 0 Å². The first-order valence-electron chi connectivity index (χ1n) is 6.21. The molecule has 0 aliphatic rings. The van der Waals surface area contributed by atoms with Crippen LogP contribution < -0.4 is 0 Å². The molecule has 0 radical (unpaired) electrons. The number of carbonyl (C=O) groups is 2. The summed E-state index contributed by atoms with van der Waals surface area (Å²) in [4.78, 5) is 21.8. The van der Waals surface area contributed by atoms with Gasteiger partial charge in [-0.3, -0.25) is 9.59 Å². The van der Waals surface area contributed by atoms with Crippen molar-refractivity contribution in [1.82, 2.24) is 0 Å². The van der Waals surface area contributed by atoms with E-state index in [0.717, 1.165) is 0 Å². The van der Waals surface area contributed by atoms with Crippen LogP contribution in [0.4, 0.5) is 8.78 Å². The molecule has 0 fully saturated rings. The summed E-state index contributed by atoms with van der Waals surface area (Å²) in [6.07, 6.45) is -2.80. The fraction of sp³-hybridized carbons (Fsp3) is 0.429. The third-order valence-electron chi connectivity index (χ3n) is 2.71. The number of alkyl halides is 2. The van der Waals surface area contributed by atoms with Crippen LogP contribution in [0.2, 0.25) is 0 Å². The van der Waals surface area contributed by atoms with Gasteiger partial charge in [0.25, 0.3) is 6.43 Å². The maximum absolute atomic E-state index is 12.9. The van der Waals surface area contributed by atoms with Crippen LogP contribution in [0.1, 0.15) is 36.5 Å². The molecular formula is C14H16F2O4. The summed E-state index contributed by atoms with van der Waals surface area (Å²) in [7, 11) is 0. The van der Waals surface area contributed by atoms with Gasteiger partial charge >= 0.3 is 11.9 Å². The SMILES string of the molecule is CCOC(=O)CCc1ccc(CC(=O)O)c(C(F)F)c1. The molecule has 0 unspecified atom stereocenters. The molecule has 0 amide bonds. The molecule has 1 rings (SSSR count). The highest BCUT2D eigenvalue weighted by Crippen LogP contribution is 2.25. The standard InChI is InChI=1S/C14H16F2O4/c1-2-20-13(19)6-4-9-3-5-10(8-12(17)18)11(7-9)14(15)16/h3,5,7,14H,2,4,6,8H2,1H3,(H,17,18). The molecule has 0 spiro atoms. The van der Waals surface area contributed by atoms with Gasteiger partial charge in [-0.2, -0.15) is 0 Å². The second-order valence-corrected chi connectivity index (χ2v) is 4.21. The molecule has 0 heterocycles. The number of esters is 1. The molecule has 0 aliphatic heterocycles. The zero-order valence-corrected chi connectivity index (χ0v) is 11.1. The molecule has 6 heteroatoms. The summed E-state index contributed by atoms with van der Waals surface area (Å²) in [6, 6.07) is 4.18. The van der Waals surface area contributed by atoms with Crippen LogP contribution in [-0.4, -0.2) is 23.7 Å². The second kappa shape index (κ2) is 7.57. The number of rotatable bonds is 7. The summed E-state index contributed by atoms with van der Waals surface area (Å²) in [5.41, 5.74) is 0.351. The van der Waals surface area contributed by atoms with Crippen LogP contribution >= 0.6 is 0 Å². The van der Waals surface area contributed by atoms with Crippen molar-refractivity contribution in [3.05, 3.63) is 34.9 Å². The molecule has 0 atom stereocenters. The van der Waals surface area contributed by atoms with E-state index >= 15 is 0 Å². The van der Waals surface area contributed by atoms with Crippen LogP contribution in [0, 0.1) is 0 Å². The molecule has 0 bridgehead atoms. The minimum Gasteiger partial charge on any atom is -0.481 e. The Labute approximate surface area is 115 Å². The lowest BCUT2D eigenvalue weighted by molar-refractivity contribution is -0.143. The topological polar surface area (TPSA) is 63.6 Å². The van der Waals surface area contributed by atoms with Crippen molar-refractivity contribution >= 4 is 11.9 Å². The fourth-order valence-electron chi connectivity index (χ4n) is 1.81. The summed E-state index contributed by atoms with van der Waals surface area (Å²) < 4.78 is 30.5. The molecule has 1 aromatic rings. The van der Waals surface area contributed by atoms with E-state index in [-0.39, 0.29) is 36.5 Å². The second-order valence-electron chi connectivity index (χ2n) is 4.21. The number of ether oxygens (including phenoxy) is 1. The maximum Gasteiger partial charge on any atom is 0.307 e. The van der Waals surface area contributed by atoms with E-state index in [0.29, 0.717) is 5.56 Å². The Bertz CT molecular complexity index is 486. The first-order chi connectivity index (χ1) is 9.43. The number of carbonyl (C=O) groups excluding carboxylic acids is 1. The van der Waals surface area contributed by atoms with E-state index in [4.69, 9.17) is 9.84 Å². The Kier molecular flexibility index (Phi) is 6.09. The predicted molar refractivity (Wildman–Crippen MR) is 67.7 cm³/mol. The highest BCUT2D eigenvalue weighted by molar-refractivity contribution is 5.71. The molecule has 0 aromatic heterocycles. The van der Waals surface area contributed by atoms with Crippen molar-refractivity contribution in [2.75, 3.05) is 6.61 Å². The molecular weight excluding hydrogens is 270 g/mol. The summed E-state index contributed by atoms with van der Waals surface area (Å²) >= 11 is 0. The first-order valence-corrected chi connectivity index (χ1v) is 6.21. The average molecular weight is 286 g/mol. The molecule has 20 heavy (non-hydrogen) atoms. The Morgan fingerprint density at radius 3 is 2.60 bits per heavy atom. The summed E-state index contributed by atoms with van der Waals surface area (Å²) in [6.45, 7) is 1.96. The number of carboxylic acids is 1. The van der Waals surface area contributed by atoms with Crippen LogP contribution in [0.3, 0.4) is 0 Å². The van der Waals surface area contributed by atoms with Crippen molar-refractivity contribution in [3.8, 4) is 0 Å². The number of aryl methyl sites for hydroxylation is 1. The highest BCUT2D eigenvalue weighted by Gasteiger charge is 2.16. The molecule has 1 aromatic carbocycles. The van der Waals surface area contributed by atoms with Crippen molar-refractivity contribution < 1.29 is 28.2 Å². The van der Waals surface area contributed by atoms with Crippen LogP contribution in [0.25, 0.3) is 0 Å². The lowest BCUT2D eigenvalue weighted by atomic mass is 9.99. The lowest BCUT2D eigenvalue weighted by Gasteiger charge is -2.10. The van der Waals surface area contributed by atoms with Crippen molar-refractivity contribution in [2.24, 2.45) is 0 Å². The molecule has 4 nitrogen and oxygen atoms in total. The number of halogens is 2. The van der Waals surface area contributed by atoms with E-state index < -0.39 is 18.8 Å². The van der Waals surface area contributed by atoms with Gasteiger partial charge in [0.2, 0.25) is 0 Å². The normalized spacial score (nSPS) is 10.6. The average Bonchev–Trinajstić information content (AvgIpc) is 2.37. The van der Waals surface area contributed by atoms with E-state index in [1.54, 1.807) is 13.0 Å². The van der Waals surface area contributed by atoms with Crippen LogP contribution in [-0.2, 0) is 27.2 Å². The van der Waals surface area contributed by atoms with Gasteiger partial charge < -0.3 is 9.84 Å². The van der Waals surface area contributed by atoms with Gasteiger partial charge in [0.05, 0.1) is 13.0 Å². The highest BCUT2D eigenvalue weighted by atomic mass is 19.3. The number of benzene rings is 1. The van der Waals surface area contributed by atoms with Crippen LogP contribution in [0.15, 0.2) is 18.2 Å². The minimum atomic E-state index is -2.74. The van der Waals surface area contributed by atoms with Gasteiger partial charge in [-0.25, -0.2) is 8.78 Å². The fourth-order valence-corrected chi connectivity index (χ4v) is 1.81. The first kappa shape index (κ1) is 16.1. The molecule has 0 saturated carbocycles. The van der Waals surface area contributed by atoms with Gasteiger partial charge in [-0.15, -0.1) is 0 Å². The van der Waals surface area contributed by atoms with E-state index in [2.05, 4.69) is 0 Å². The van der Waals surface area contributed by atoms with Gasteiger partial charge in [0.15, 0.2) is 0 Å². The zero-order valence-electron chi connectivity index (χ0n) is 11.1. The largest absolute Gasteiger partial charge is 0.481 e. The lowest BCUT2D eigenvalue weighted by Crippen LogP contribution is -2.07. The third-order valence-corrected chi connectivity index (χ3v) is 2.71. The van der Waals surface area contributed by atoms with Gasteiger partial charge in [-0.05, 0) is 30.5 Å². The monoisotopic (exact) mass is 286 g/mol. The quantitative estimate of drug-likeness (QED) is 0.783. The number of hydrogen-bond acceptors (Lipinski definition) is 3. The Morgan fingerprint density at radius 2 is 2.05 bits per heavy atom. The van der Waals surface area contributed by atoms with Crippen molar-refractivity contribution in [1.29, 1.82) is 0 Å². The van der Waals surface area contributed by atoms with E-state index in [1.807, 2.05) is 0 Å². The third kappa shape index (κ3) is 4.95. The summed E-state index contributed by atoms with van der Waals surface area (Å²) in [5, 5.41) is 8.67. The van der Waals surface area contributed by atoms with Gasteiger partial charge in [-0.1, -0.05) is 12.1 Å². The van der Waals surface area contributed by atoms with Crippen molar-refractivity contribution in [3.63, 3.8) is 0 Å². The predicted octanol–water partition coefficient (Wildman–Crippen LogP) is 2.75. The Morgan fingerprint density at radius 1 is 1.35 bits per heavy atom. The molecule has 110 valence electrons.